The summed E-state index contributed by atoms with van der Waals surface area (Å²) in [6, 6.07) is 10.3. The molecule has 1 aliphatic rings. The van der Waals surface area contributed by atoms with Crippen molar-refractivity contribution in [2.45, 2.75) is 24.8 Å². The van der Waals surface area contributed by atoms with Gasteiger partial charge in [-0.2, -0.15) is 0 Å². The topological polar surface area (TPSA) is 86.4 Å². The summed E-state index contributed by atoms with van der Waals surface area (Å²) < 4.78 is 25.5. The first kappa shape index (κ1) is 21.8. The van der Waals surface area contributed by atoms with Gasteiger partial charge in [-0.05, 0) is 42.0 Å². The number of carbonyl (C=O) groups is 1. The van der Waals surface area contributed by atoms with Crippen LogP contribution in [-0.4, -0.2) is 66.0 Å². The number of hydrogen-bond donors (Lipinski definition) is 1. The molecule has 0 atom stereocenters. The lowest BCUT2D eigenvalue weighted by molar-refractivity contribution is -0.132. The van der Waals surface area contributed by atoms with Gasteiger partial charge in [0.1, 0.15) is 5.82 Å². The average molecular weight is 461 g/mol. The van der Waals surface area contributed by atoms with Crippen LogP contribution in [0.5, 0.6) is 0 Å². The highest BCUT2D eigenvalue weighted by molar-refractivity contribution is 7.91. The molecule has 0 saturated carbocycles. The summed E-state index contributed by atoms with van der Waals surface area (Å²) in [6.07, 6.45) is 1.82. The number of carbonyl (C=O) groups excluding carboxylic acids is 1. The van der Waals surface area contributed by atoms with Gasteiger partial charge in [-0.25, -0.2) is 13.4 Å². The Labute approximate surface area is 186 Å². The van der Waals surface area contributed by atoms with E-state index in [0.29, 0.717) is 18.1 Å². The van der Waals surface area contributed by atoms with Crippen LogP contribution in [-0.2, 0) is 21.2 Å². The first-order valence-electron chi connectivity index (χ1n) is 10.2. The number of nitrogens with zero attached hydrogens (tertiary/aromatic N) is 3. The second kappa shape index (κ2) is 8.98. The Morgan fingerprint density at radius 3 is 2.52 bits per heavy atom. The second-order valence-corrected chi connectivity index (χ2v) is 10.4. The number of halogens is 1. The van der Waals surface area contributed by atoms with Gasteiger partial charge in [-0.15, -0.1) is 0 Å². The second-order valence-electron chi connectivity index (χ2n) is 7.87. The monoisotopic (exact) mass is 460 g/mol. The molecular formula is C22H25ClN4O3S. The minimum atomic E-state index is -3.55. The van der Waals surface area contributed by atoms with E-state index in [4.69, 9.17) is 11.6 Å². The minimum Gasteiger partial charge on any atom is -0.345 e. The maximum atomic E-state index is 12.8. The maximum Gasteiger partial charge on any atom is 0.223 e. The van der Waals surface area contributed by atoms with Gasteiger partial charge in [-0.1, -0.05) is 23.7 Å². The van der Waals surface area contributed by atoms with E-state index in [9.17, 15) is 13.2 Å². The van der Waals surface area contributed by atoms with Gasteiger partial charge in [0.15, 0.2) is 9.84 Å². The number of aryl methyl sites for hydroxylation is 1. The van der Waals surface area contributed by atoms with Crippen molar-refractivity contribution in [3.8, 4) is 0 Å². The molecule has 2 aromatic carbocycles. The molecule has 3 aromatic rings. The quantitative estimate of drug-likeness (QED) is 0.611. The van der Waals surface area contributed by atoms with E-state index in [1.165, 1.54) is 0 Å². The summed E-state index contributed by atoms with van der Waals surface area (Å²) >= 11 is 5.99. The Bertz CT molecular complexity index is 1200. The summed E-state index contributed by atoms with van der Waals surface area (Å²) in [5, 5.41) is 2.29. The predicted molar refractivity (Wildman–Crippen MR) is 121 cm³/mol. The zero-order chi connectivity index (χ0) is 22.0. The highest BCUT2D eigenvalue weighted by Crippen LogP contribution is 2.23. The molecule has 1 aromatic heterocycles. The fourth-order valence-corrected chi connectivity index (χ4v) is 5.28. The van der Waals surface area contributed by atoms with Gasteiger partial charge in [0.25, 0.3) is 0 Å². The number of H-pyrrole nitrogens is 1. The summed E-state index contributed by atoms with van der Waals surface area (Å²) in [6.45, 7) is 5.39. The lowest BCUT2D eigenvalue weighted by Gasteiger charge is -2.34. The molecule has 31 heavy (non-hydrogen) atoms. The number of piperazine rings is 1. The average Bonchev–Trinajstić information content (AvgIpc) is 3.16. The summed E-state index contributed by atoms with van der Waals surface area (Å²) in [5.41, 5.74) is 1.06. The van der Waals surface area contributed by atoms with Crippen LogP contribution in [0.2, 0.25) is 5.02 Å². The van der Waals surface area contributed by atoms with E-state index in [2.05, 4.69) is 14.9 Å². The molecule has 0 aliphatic carbocycles. The standard InChI is InChI=1S/C22H25ClN4O3S/c1-16-24-14-20(25-16)15-26-7-9-27(10-8-26)22(28)6-11-31(29,30)21-5-3-17-12-19(23)4-2-18(17)13-21/h2-5,12-14H,6-11,15H2,1H3,(H,24,25). The number of nitrogens with one attached hydrogen (secondary N) is 1. The van der Waals surface area contributed by atoms with Gasteiger partial charge in [-0.3, -0.25) is 9.69 Å². The fourth-order valence-electron chi connectivity index (χ4n) is 3.83. The highest BCUT2D eigenvalue weighted by atomic mass is 35.5. The first-order valence-corrected chi connectivity index (χ1v) is 12.3. The van der Waals surface area contributed by atoms with Crippen molar-refractivity contribution in [2.75, 3.05) is 31.9 Å². The number of rotatable bonds is 6. The van der Waals surface area contributed by atoms with E-state index in [-0.39, 0.29) is 23.0 Å². The third kappa shape index (κ3) is 5.26. The van der Waals surface area contributed by atoms with Crippen molar-refractivity contribution in [1.82, 2.24) is 19.8 Å². The smallest absolute Gasteiger partial charge is 0.223 e. The molecule has 0 radical (unpaired) electrons. The molecule has 164 valence electrons. The van der Waals surface area contributed by atoms with Gasteiger partial charge < -0.3 is 9.88 Å². The summed E-state index contributed by atoms with van der Waals surface area (Å²) in [5.74, 6) is 0.576. The summed E-state index contributed by atoms with van der Waals surface area (Å²) in [4.78, 5) is 24.3. The fraction of sp³-hybridized carbons (Fsp3) is 0.364. The van der Waals surface area contributed by atoms with Gasteiger partial charge in [0.05, 0.1) is 10.6 Å². The molecule has 0 bridgehead atoms. The largest absolute Gasteiger partial charge is 0.345 e. The van der Waals surface area contributed by atoms with Crippen LogP contribution < -0.4 is 0 Å². The first-order chi connectivity index (χ1) is 14.8. The third-order valence-electron chi connectivity index (χ3n) is 5.59. The van der Waals surface area contributed by atoms with Gasteiger partial charge in [0.2, 0.25) is 5.91 Å². The number of sulfone groups is 1. The molecule has 0 unspecified atom stereocenters. The molecule has 1 aliphatic heterocycles. The Balaban J connectivity index is 1.31. The number of aromatic amines is 1. The molecular weight excluding hydrogens is 436 g/mol. The number of imidazole rings is 1. The maximum absolute atomic E-state index is 12.8. The van der Waals surface area contributed by atoms with Crippen LogP contribution >= 0.6 is 11.6 Å². The number of fused-ring (bicyclic) bond motifs is 1. The Hall–Kier alpha value is -2.42. The number of hydrogen-bond acceptors (Lipinski definition) is 5. The van der Waals surface area contributed by atoms with Gasteiger partial charge >= 0.3 is 0 Å². The van der Waals surface area contributed by atoms with Crippen LogP contribution in [0.4, 0.5) is 0 Å². The van der Waals surface area contributed by atoms with Crippen molar-refractivity contribution in [1.29, 1.82) is 0 Å². The normalized spacial score (nSPS) is 15.5. The molecule has 0 spiro atoms. The van der Waals surface area contributed by atoms with Gasteiger partial charge in [0, 0.05) is 56.1 Å². The van der Waals surface area contributed by atoms with E-state index in [1.54, 1.807) is 41.3 Å². The Kier molecular flexibility index (Phi) is 6.31. The molecule has 2 heterocycles. The van der Waals surface area contributed by atoms with Crippen molar-refractivity contribution >= 4 is 38.1 Å². The third-order valence-corrected chi connectivity index (χ3v) is 7.54. The molecule has 1 N–H and O–H groups in total. The zero-order valence-electron chi connectivity index (χ0n) is 17.3. The molecule has 4 rings (SSSR count). The number of benzene rings is 2. The summed E-state index contributed by atoms with van der Waals surface area (Å²) in [7, 11) is -3.55. The number of amides is 1. The predicted octanol–water partition coefficient (Wildman–Crippen LogP) is 3.03. The van der Waals surface area contributed by atoms with Crippen molar-refractivity contribution in [2.24, 2.45) is 0 Å². The van der Waals surface area contributed by atoms with Crippen LogP contribution in [0.25, 0.3) is 10.8 Å². The SMILES string of the molecule is Cc1ncc(CN2CCN(C(=O)CCS(=O)(=O)c3ccc4cc(Cl)ccc4c3)CC2)[nH]1. The van der Waals surface area contributed by atoms with Crippen LogP contribution in [0.15, 0.2) is 47.5 Å². The van der Waals surface area contributed by atoms with Crippen LogP contribution in [0.1, 0.15) is 17.9 Å². The van der Waals surface area contributed by atoms with E-state index in [0.717, 1.165) is 41.9 Å². The Morgan fingerprint density at radius 1 is 1.10 bits per heavy atom. The Morgan fingerprint density at radius 2 is 1.81 bits per heavy atom. The lowest BCUT2D eigenvalue weighted by atomic mass is 10.1. The lowest BCUT2D eigenvalue weighted by Crippen LogP contribution is -2.48. The van der Waals surface area contributed by atoms with E-state index in [1.807, 2.05) is 13.1 Å². The molecule has 1 fully saturated rings. The zero-order valence-corrected chi connectivity index (χ0v) is 18.9. The van der Waals surface area contributed by atoms with Crippen LogP contribution in [0, 0.1) is 6.92 Å². The number of aromatic nitrogens is 2. The van der Waals surface area contributed by atoms with E-state index >= 15 is 0 Å². The van der Waals surface area contributed by atoms with Crippen molar-refractivity contribution in [3.05, 3.63) is 59.1 Å². The molecule has 1 saturated heterocycles. The van der Waals surface area contributed by atoms with E-state index < -0.39 is 9.84 Å². The molecule has 1 amide bonds. The van der Waals surface area contributed by atoms with Crippen molar-refractivity contribution < 1.29 is 13.2 Å². The highest BCUT2D eigenvalue weighted by Gasteiger charge is 2.24. The minimum absolute atomic E-state index is 0.0132. The van der Waals surface area contributed by atoms with Crippen molar-refractivity contribution in [3.63, 3.8) is 0 Å². The molecule has 9 heteroatoms. The molecule has 7 nitrogen and oxygen atoms in total. The van der Waals surface area contributed by atoms with Crippen LogP contribution in [0.3, 0.4) is 0 Å².